The number of rotatable bonds is 4. The second kappa shape index (κ2) is 7.67. The molecule has 2 heterocycles. The van der Waals surface area contributed by atoms with Crippen molar-refractivity contribution >= 4 is 5.69 Å². The molecule has 3 aliphatic rings. The molecule has 1 unspecified atom stereocenters. The van der Waals surface area contributed by atoms with E-state index in [1.165, 1.54) is 35.2 Å². The van der Waals surface area contributed by atoms with E-state index in [4.69, 9.17) is 9.47 Å². The fraction of sp³-hybridized carbons (Fsp3) is 0.500. The number of hydrogen-bond acceptors (Lipinski definition) is 4. The van der Waals surface area contributed by atoms with Gasteiger partial charge in [-0.2, -0.15) is 0 Å². The summed E-state index contributed by atoms with van der Waals surface area (Å²) in [5.41, 5.74) is 5.60. The third kappa shape index (κ3) is 3.46. The normalized spacial score (nSPS) is 21.8. The zero-order chi connectivity index (χ0) is 18.9. The molecule has 0 saturated carbocycles. The first-order valence-electron chi connectivity index (χ1n) is 10.7. The highest BCUT2D eigenvalue weighted by atomic mass is 16.5. The molecular formula is C24H30N2O2. The van der Waals surface area contributed by atoms with Crippen LogP contribution in [0.4, 0.5) is 5.69 Å². The van der Waals surface area contributed by atoms with Crippen molar-refractivity contribution in [3.63, 3.8) is 0 Å². The highest BCUT2D eigenvalue weighted by Gasteiger charge is 2.28. The van der Waals surface area contributed by atoms with E-state index in [0.29, 0.717) is 12.1 Å². The first-order valence-corrected chi connectivity index (χ1v) is 10.7. The molecule has 2 aromatic rings. The van der Waals surface area contributed by atoms with Crippen LogP contribution in [0.5, 0.6) is 11.5 Å². The predicted octanol–water partition coefficient (Wildman–Crippen LogP) is 3.75. The average Bonchev–Trinajstić information content (AvgIpc) is 3.15. The molecule has 2 aliphatic heterocycles. The van der Waals surface area contributed by atoms with Gasteiger partial charge in [0.15, 0.2) is 0 Å². The largest absolute Gasteiger partial charge is 0.497 e. The number of hydrogen-bond donors (Lipinski definition) is 1. The van der Waals surface area contributed by atoms with Crippen LogP contribution in [-0.4, -0.2) is 38.9 Å². The Morgan fingerprint density at radius 2 is 1.86 bits per heavy atom. The Labute approximate surface area is 167 Å². The zero-order valence-corrected chi connectivity index (χ0v) is 16.7. The van der Waals surface area contributed by atoms with Crippen LogP contribution in [0.2, 0.25) is 0 Å². The number of aryl methyl sites for hydroxylation is 1. The molecule has 0 amide bonds. The van der Waals surface area contributed by atoms with Gasteiger partial charge in [-0.15, -0.1) is 0 Å². The number of fused-ring (bicyclic) bond motifs is 2. The van der Waals surface area contributed by atoms with Gasteiger partial charge < -0.3 is 19.7 Å². The van der Waals surface area contributed by atoms with E-state index in [0.717, 1.165) is 56.9 Å². The standard InChI is InChI=1S/C24H30N2O2/c1-27-22-8-7-18-14-21(15-19(18)16-22)25-20-9-11-26(12-10-20)23-6-2-4-17-5-3-13-28-24(17)23/h2,4,6-8,16,20-21,25H,3,5,9-15H2,1H3. The van der Waals surface area contributed by atoms with Crippen LogP contribution in [-0.2, 0) is 19.3 Å². The number of nitrogens with zero attached hydrogens (tertiary/aromatic N) is 1. The third-order valence-corrected chi connectivity index (χ3v) is 6.57. The van der Waals surface area contributed by atoms with Crippen molar-refractivity contribution in [3.05, 3.63) is 53.1 Å². The monoisotopic (exact) mass is 378 g/mol. The minimum Gasteiger partial charge on any atom is -0.497 e. The van der Waals surface area contributed by atoms with Crippen LogP contribution in [0.3, 0.4) is 0 Å². The minimum atomic E-state index is 0.562. The molecule has 2 aromatic carbocycles. The van der Waals surface area contributed by atoms with Crippen molar-refractivity contribution in [2.24, 2.45) is 0 Å². The number of nitrogens with one attached hydrogen (secondary N) is 1. The van der Waals surface area contributed by atoms with E-state index in [1.807, 2.05) is 0 Å². The number of para-hydroxylation sites is 1. The van der Waals surface area contributed by atoms with Crippen LogP contribution in [0, 0.1) is 0 Å². The SMILES string of the molecule is COc1ccc2c(c1)CC(NC1CCN(c3cccc4c3OCCC4)CC1)C2. The molecule has 1 saturated heterocycles. The van der Waals surface area contributed by atoms with E-state index in [2.05, 4.69) is 46.6 Å². The Morgan fingerprint density at radius 1 is 1.00 bits per heavy atom. The maximum atomic E-state index is 6.03. The topological polar surface area (TPSA) is 33.7 Å². The van der Waals surface area contributed by atoms with E-state index in [9.17, 15) is 0 Å². The summed E-state index contributed by atoms with van der Waals surface area (Å²) in [6.07, 6.45) is 6.93. The number of piperidine rings is 1. The van der Waals surface area contributed by atoms with Gasteiger partial charge in [-0.25, -0.2) is 0 Å². The van der Waals surface area contributed by atoms with Gasteiger partial charge in [0.2, 0.25) is 0 Å². The molecular weight excluding hydrogens is 348 g/mol. The van der Waals surface area contributed by atoms with Gasteiger partial charge >= 0.3 is 0 Å². The quantitative estimate of drug-likeness (QED) is 0.879. The Morgan fingerprint density at radius 3 is 2.71 bits per heavy atom. The van der Waals surface area contributed by atoms with E-state index < -0.39 is 0 Å². The van der Waals surface area contributed by atoms with Crippen LogP contribution in [0.15, 0.2) is 36.4 Å². The molecule has 4 nitrogen and oxygen atoms in total. The molecule has 4 heteroatoms. The maximum Gasteiger partial charge on any atom is 0.145 e. The molecule has 0 spiro atoms. The highest BCUT2D eigenvalue weighted by molar-refractivity contribution is 5.62. The van der Waals surface area contributed by atoms with Crippen LogP contribution >= 0.6 is 0 Å². The number of benzene rings is 2. The van der Waals surface area contributed by atoms with E-state index in [-0.39, 0.29) is 0 Å². The Balaban J connectivity index is 1.18. The molecule has 28 heavy (non-hydrogen) atoms. The molecule has 1 fully saturated rings. The van der Waals surface area contributed by atoms with Gasteiger partial charge in [0.1, 0.15) is 11.5 Å². The van der Waals surface area contributed by atoms with Gasteiger partial charge in [-0.3, -0.25) is 0 Å². The molecule has 5 rings (SSSR count). The predicted molar refractivity (Wildman–Crippen MR) is 113 cm³/mol. The Bertz CT molecular complexity index is 842. The highest BCUT2D eigenvalue weighted by Crippen LogP contribution is 2.37. The molecule has 1 atom stereocenters. The molecule has 148 valence electrons. The van der Waals surface area contributed by atoms with Crippen LogP contribution < -0.4 is 19.7 Å². The van der Waals surface area contributed by atoms with Gasteiger partial charge in [-0.1, -0.05) is 18.2 Å². The first kappa shape index (κ1) is 17.9. The van der Waals surface area contributed by atoms with Crippen molar-refractivity contribution in [1.29, 1.82) is 0 Å². The van der Waals surface area contributed by atoms with Gasteiger partial charge in [0, 0.05) is 25.2 Å². The summed E-state index contributed by atoms with van der Waals surface area (Å²) in [5.74, 6) is 2.11. The number of anilines is 1. The summed E-state index contributed by atoms with van der Waals surface area (Å²) in [6.45, 7) is 3.06. The number of methoxy groups -OCH3 is 1. The summed E-state index contributed by atoms with van der Waals surface area (Å²) >= 11 is 0. The van der Waals surface area contributed by atoms with Gasteiger partial charge in [0.25, 0.3) is 0 Å². The average molecular weight is 379 g/mol. The lowest BCUT2D eigenvalue weighted by Gasteiger charge is -2.36. The summed E-state index contributed by atoms with van der Waals surface area (Å²) in [5, 5.41) is 3.94. The fourth-order valence-electron chi connectivity index (χ4n) is 5.08. The summed E-state index contributed by atoms with van der Waals surface area (Å²) in [4.78, 5) is 2.52. The lowest BCUT2D eigenvalue weighted by molar-refractivity contribution is 0.287. The first-order chi connectivity index (χ1) is 13.8. The lowest BCUT2D eigenvalue weighted by atomic mass is 10.00. The fourth-order valence-corrected chi connectivity index (χ4v) is 5.08. The molecule has 0 aromatic heterocycles. The second-order valence-electron chi connectivity index (χ2n) is 8.39. The third-order valence-electron chi connectivity index (χ3n) is 6.57. The summed E-state index contributed by atoms with van der Waals surface area (Å²) in [7, 11) is 1.75. The van der Waals surface area contributed by atoms with E-state index >= 15 is 0 Å². The second-order valence-corrected chi connectivity index (χ2v) is 8.39. The summed E-state index contributed by atoms with van der Waals surface area (Å²) < 4.78 is 11.4. The summed E-state index contributed by atoms with van der Waals surface area (Å²) in [6, 6.07) is 14.3. The van der Waals surface area contributed by atoms with Crippen molar-refractivity contribution in [1.82, 2.24) is 5.32 Å². The van der Waals surface area contributed by atoms with Crippen molar-refractivity contribution < 1.29 is 9.47 Å². The molecule has 0 bridgehead atoms. The Kier molecular flexibility index (Phi) is 4.89. The molecule has 0 radical (unpaired) electrons. The zero-order valence-electron chi connectivity index (χ0n) is 16.7. The Hall–Kier alpha value is -2.20. The minimum absolute atomic E-state index is 0.562. The van der Waals surface area contributed by atoms with Crippen LogP contribution in [0.25, 0.3) is 0 Å². The molecule has 1 N–H and O–H groups in total. The smallest absolute Gasteiger partial charge is 0.145 e. The van der Waals surface area contributed by atoms with Crippen molar-refractivity contribution in [2.45, 2.75) is 50.6 Å². The van der Waals surface area contributed by atoms with Crippen molar-refractivity contribution in [2.75, 3.05) is 31.7 Å². The van der Waals surface area contributed by atoms with Gasteiger partial charge in [0.05, 0.1) is 19.4 Å². The lowest BCUT2D eigenvalue weighted by Crippen LogP contribution is -2.46. The maximum absolute atomic E-state index is 6.03. The van der Waals surface area contributed by atoms with Crippen LogP contribution in [0.1, 0.15) is 36.0 Å². The van der Waals surface area contributed by atoms with Gasteiger partial charge in [-0.05, 0) is 73.4 Å². The molecule has 1 aliphatic carbocycles. The van der Waals surface area contributed by atoms with E-state index in [1.54, 1.807) is 7.11 Å². The van der Waals surface area contributed by atoms with Crippen molar-refractivity contribution in [3.8, 4) is 11.5 Å². The number of ether oxygens (including phenoxy) is 2.